The molecule has 3 aromatic rings. The van der Waals surface area contributed by atoms with Gasteiger partial charge in [-0.3, -0.25) is 4.98 Å². The lowest BCUT2D eigenvalue weighted by Crippen LogP contribution is -1.94. The SMILES string of the molecule is O=c1[nH]c2ccc(C(Cl)c3ccc(F)c(Br)c3)cc2o1. The molecule has 2 aromatic carbocycles. The molecular formula is C14H8BrClFNO2. The molecule has 0 aliphatic heterocycles. The maximum atomic E-state index is 13.2. The zero-order valence-corrected chi connectivity index (χ0v) is 12.3. The Morgan fingerprint density at radius 1 is 1.20 bits per heavy atom. The van der Waals surface area contributed by atoms with Crippen molar-refractivity contribution < 1.29 is 8.81 Å². The number of fused-ring (bicyclic) bond motifs is 1. The van der Waals surface area contributed by atoms with E-state index >= 15 is 0 Å². The van der Waals surface area contributed by atoms with Crippen LogP contribution in [0, 0.1) is 5.82 Å². The number of aromatic nitrogens is 1. The van der Waals surface area contributed by atoms with Gasteiger partial charge in [-0.05, 0) is 51.3 Å². The standard InChI is InChI=1S/C14H8BrClFNO2/c15-9-5-7(1-3-10(9)17)13(16)8-2-4-11-12(6-8)20-14(19)18-11/h1-6,13H,(H,18,19). The van der Waals surface area contributed by atoms with Gasteiger partial charge in [0.2, 0.25) is 0 Å². The van der Waals surface area contributed by atoms with E-state index in [2.05, 4.69) is 20.9 Å². The van der Waals surface area contributed by atoms with E-state index in [1.807, 2.05) is 0 Å². The number of benzene rings is 2. The predicted octanol–water partition coefficient (Wildman–Crippen LogP) is 4.35. The van der Waals surface area contributed by atoms with Crippen LogP contribution in [0.1, 0.15) is 16.5 Å². The van der Waals surface area contributed by atoms with E-state index in [0.717, 1.165) is 11.1 Å². The van der Waals surface area contributed by atoms with Crippen molar-refractivity contribution >= 4 is 38.6 Å². The van der Waals surface area contributed by atoms with Gasteiger partial charge in [0, 0.05) is 0 Å². The Bertz CT molecular complexity index is 843. The highest BCUT2D eigenvalue weighted by Gasteiger charge is 2.14. The number of hydrogen-bond acceptors (Lipinski definition) is 2. The van der Waals surface area contributed by atoms with Crippen LogP contribution in [0.4, 0.5) is 4.39 Å². The molecule has 3 rings (SSSR count). The third kappa shape index (κ3) is 2.39. The summed E-state index contributed by atoms with van der Waals surface area (Å²) in [7, 11) is 0. The molecule has 0 bridgehead atoms. The topological polar surface area (TPSA) is 46.0 Å². The second-order valence-corrected chi connectivity index (χ2v) is 5.60. The van der Waals surface area contributed by atoms with Gasteiger partial charge in [-0.1, -0.05) is 12.1 Å². The summed E-state index contributed by atoms with van der Waals surface area (Å²) in [4.78, 5) is 13.7. The summed E-state index contributed by atoms with van der Waals surface area (Å²) < 4.78 is 18.6. The number of alkyl halides is 1. The van der Waals surface area contributed by atoms with E-state index in [0.29, 0.717) is 15.6 Å². The summed E-state index contributed by atoms with van der Waals surface area (Å²) in [6.45, 7) is 0. The fraction of sp³-hybridized carbons (Fsp3) is 0.0714. The summed E-state index contributed by atoms with van der Waals surface area (Å²) >= 11 is 9.52. The number of rotatable bonds is 2. The lowest BCUT2D eigenvalue weighted by molar-refractivity contribution is 0.555. The molecule has 6 heteroatoms. The van der Waals surface area contributed by atoms with Crippen molar-refractivity contribution in [3.8, 4) is 0 Å². The van der Waals surface area contributed by atoms with Crippen molar-refractivity contribution in [2.24, 2.45) is 0 Å². The molecule has 1 N–H and O–H groups in total. The molecule has 0 aliphatic rings. The van der Waals surface area contributed by atoms with Crippen LogP contribution in [0.5, 0.6) is 0 Å². The highest BCUT2D eigenvalue weighted by Crippen LogP contribution is 2.32. The second-order valence-electron chi connectivity index (χ2n) is 4.31. The quantitative estimate of drug-likeness (QED) is 0.694. The van der Waals surface area contributed by atoms with E-state index in [4.69, 9.17) is 16.0 Å². The van der Waals surface area contributed by atoms with E-state index in [9.17, 15) is 9.18 Å². The second kappa shape index (κ2) is 5.07. The Balaban J connectivity index is 2.04. The number of H-pyrrole nitrogens is 1. The molecule has 0 spiro atoms. The van der Waals surface area contributed by atoms with Gasteiger partial charge < -0.3 is 4.42 Å². The maximum absolute atomic E-state index is 13.2. The summed E-state index contributed by atoms with van der Waals surface area (Å²) in [6, 6.07) is 9.82. The molecule has 0 radical (unpaired) electrons. The molecule has 1 unspecified atom stereocenters. The molecule has 3 nitrogen and oxygen atoms in total. The summed E-state index contributed by atoms with van der Waals surface area (Å²) in [5.41, 5.74) is 2.57. The van der Waals surface area contributed by atoms with Crippen LogP contribution in [0.3, 0.4) is 0 Å². The van der Waals surface area contributed by atoms with Gasteiger partial charge in [0.05, 0.1) is 15.4 Å². The number of aromatic amines is 1. The molecule has 1 heterocycles. The van der Waals surface area contributed by atoms with E-state index in [1.54, 1.807) is 30.3 Å². The highest BCUT2D eigenvalue weighted by atomic mass is 79.9. The third-order valence-corrected chi connectivity index (χ3v) is 4.09. The van der Waals surface area contributed by atoms with Gasteiger partial charge in [0.15, 0.2) is 5.58 Å². The lowest BCUT2D eigenvalue weighted by atomic mass is 10.0. The maximum Gasteiger partial charge on any atom is 0.417 e. The van der Waals surface area contributed by atoms with E-state index in [1.165, 1.54) is 6.07 Å². The predicted molar refractivity (Wildman–Crippen MR) is 78.6 cm³/mol. The number of nitrogens with one attached hydrogen (secondary N) is 1. The van der Waals surface area contributed by atoms with Crippen molar-refractivity contribution in [3.05, 3.63) is 68.4 Å². The molecular weight excluding hydrogens is 349 g/mol. The zero-order valence-electron chi connectivity index (χ0n) is 9.99. The van der Waals surface area contributed by atoms with Gasteiger partial charge in [-0.25, -0.2) is 9.18 Å². The van der Waals surface area contributed by atoms with Gasteiger partial charge >= 0.3 is 5.76 Å². The minimum Gasteiger partial charge on any atom is -0.408 e. The molecule has 1 atom stereocenters. The molecule has 0 aliphatic carbocycles. The first-order valence-corrected chi connectivity index (χ1v) is 6.99. The number of oxazole rings is 1. The molecule has 1 aromatic heterocycles. The molecule has 0 amide bonds. The Kier molecular flexibility index (Phi) is 3.40. The fourth-order valence-electron chi connectivity index (χ4n) is 1.98. The number of halogens is 3. The van der Waals surface area contributed by atoms with Gasteiger partial charge in [0.25, 0.3) is 0 Å². The molecule has 20 heavy (non-hydrogen) atoms. The molecule has 0 saturated carbocycles. The Morgan fingerprint density at radius 2 is 1.90 bits per heavy atom. The van der Waals surface area contributed by atoms with Crippen molar-refractivity contribution in [3.63, 3.8) is 0 Å². The average Bonchev–Trinajstić information content (AvgIpc) is 2.80. The van der Waals surface area contributed by atoms with Crippen LogP contribution in [0.15, 0.2) is 50.1 Å². The minimum atomic E-state index is -0.507. The monoisotopic (exact) mass is 355 g/mol. The van der Waals surface area contributed by atoms with Crippen LogP contribution >= 0.6 is 27.5 Å². The first-order chi connectivity index (χ1) is 9.54. The van der Waals surface area contributed by atoms with Crippen LogP contribution < -0.4 is 5.76 Å². The van der Waals surface area contributed by atoms with Crippen molar-refractivity contribution in [1.82, 2.24) is 4.98 Å². The summed E-state index contributed by atoms with van der Waals surface area (Å²) in [5.74, 6) is -0.850. The van der Waals surface area contributed by atoms with E-state index < -0.39 is 11.1 Å². The lowest BCUT2D eigenvalue weighted by Gasteiger charge is -2.11. The van der Waals surface area contributed by atoms with Crippen molar-refractivity contribution in [2.75, 3.05) is 0 Å². The van der Waals surface area contributed by atoms with Gasteiger partial charge in [-0.2, -0.15) is 0 Å². The van der Waals surface area contributed by atoms with Crippen LogP contribution in [-0.2, 0) is 0 Å². The molecule has 102 valence electrons. The first kappa shape index (κ1) is 13.4. The van der Waals surface area contributed by atoms with Crippen LogP contribution in [-0.4, -0.2) is 4.98 Å². The Morgan fingerprint density at radius 3 is 2.65 bits per heavy atom. The number of hydrogen-bond donors (Lipinski definition) is 1. The average molecular weight is 357 g/mol. The third-order valence-electron chi connectivity index (χ3n) is 2.97. The largest absolute Gasteiger partial charge is 0.417 e. The smallest absolute Gasteiger partial charge is 0.408 e. The highest BCUT2D eigenvalue weighted by molar-refractivity contribution is 9.10. The van der Waals surface area contributed by atoms with Crippen molar-refractivity contribution in [1.29, 1.82) is 0 Å². The Hall–Kier alpha value is -1.59. The Labute approximate surface area is 126 Å². The summed E-state index contributed by atoms with van der Waals surface area (Å²) in [6.07, 6.45) is 0. The zero-order chi connectivity index (χ0) is 14.3. The van der Waals surface area contributed by atoms with Crippen LogP contribution in [0.25, 0.3) is 11.1 Å². The van der Waals surface area contributed by atoms with Gasteiger partial charge in [-0.15, -0.1) is 11.6 Å². The first-order valence-electron chi connectivity index (χ1n) is 5.76. The molecule has 0 saturated heterocycles. The summed E-state index contributed by atoms with van der Waals surface area (Å²) in [5, 5.41) is -0.462. The van der Waals surface area contributed by atoms with Gasteiger partial charge in [0.1, 0.15) is 5.82 Å². The van der Waals surface area contributed by atoms with Crippen LogP contribution in [0.2, 0.25) is 0 Å². The molecule has 0 fully saturated rings. The fourth-order valence-corrected chi connectivity index (χ4v) is 2.65. The van der Waals surface area contributed by atoms with E-state index in [-0.39, 0.29) is 5.82 Å². The normalized spacial score (nSPS) is 12.8. The minimum absolute atomic E-state index is 0.343. The van der Waals surface area contributed by atoms with Crippen molar-refractivity contribution in [2.45, 2.75) is 5.38 Å².